The van der Waals surface area contributed by atoms with E-state index in [1.165, 1.54) is 0 Å². The van der Waals surface area contributed by atoms with Gasteiger partial charge in [-0.05, 0) is 12.1 Å². The minimum atomic E-state index is -0.986. The Bertz CT molecular complexity index is 943. The van der Waals surface area contributed by atoms with Gasteiger partial charge in [0.2, 0.25) is 0 Å². The van der Waals surface area contributed by atoms with Crippen molar-refractivity contribution in [2.45, 2.75) is 19.2 Å². The van der Waals surface area contributed by atoms with Crippen LogP contribution in [0.1, 0.15) is 27.8 Å². The summed E-state index contributed by atoms with van der Waals surface area (Å²) in [6, 6.07) is 9.62. The summed E-state index contributed by atoms with van der Waals surface area (Å²) in [5, 5.41) is 24.1. The van der Waals surface area contributed by atoms with Gasteiger partial charge in [0, 0.05) is 30.7 Å². The van der Waals surface area contributed by atoms with E-state index in [4.69, 9.17) is 5.11 Å². The Morgan fingerprint density at radius 3 is 2.92 bits per heavy atom. The molecule has 1 amide bonds. The number of amides is 1. The second-order valence-corrected chi connectivity index (χ2v) is 6.38. The highest BCUT2D eigenvalue weighted by atomic mass is 16.3. The van der Waals surface area contributed by atoms with Crippen LogP contribution in [0.5, 0.6) is 0 Å². The molecule has 2 N–H and O–H groups in total. The largest absolute Gasteiger partial charge is 0.393 e. The van der Waals surface area contributed by atoms with Gasteiger partial charge in [0.05, 0.1) is 36.6 Å². The van der Waals surface area contributed by atoms with E-state index in [9.17, 15) is 9.90 Å². The second-order valence-electron chi connectivity index (χ2n) is 6.38. The lowest BCUT2D eigenvalue weighted by molar-refractivity contribution is 0.0706. The lowest BCUT2D eigenvalue weighted by Gasteiger charge is -2.27. The summed E-state index contributed by atoms with van der Waals surface area (Å²) in [5.74, 6) is -0.00601. The van der Waals surface area contributed by atoms with E-state index in [1.807, 2.05) is 42.1 Å². The topological polar surface area (TPSA) is 83.5 Å². The average molecular weight is 340 g/mol. The van der Waals surface area contributed by atoms with E-state index < -0.39 is 6.10 Å². The number of nitrogens with zero attached hydrogens (tertiary/aromatic N) is 4. The predicted octanol–water partition coefficient (Wildman–Crippen LogP) is 1.06. The summed E-state index contributed by atoms with van der Waals surface area (Å²) in [6.07, 6.45) is 0.889. The standard InChI is InChI=1S/C18H20N4O3/c1-20-10-14(13-4-2-3-5-16(13)20)18(25)21-6-7-22-12(9-21)8-15(19-22)17(24)11-23/h2-5,8,10,17,23-24H,6-7,9,11H2,1H3/t17-/m1/s1. The summed E-state index contributed by atoms with van der Waals surface area (Å²) in [5.41, 5.74) is 3.03. The van der Waals surface area contributed by atoms with Crippen molar-refractivity contribution in [1.82, 2.24) is 19.2 Å². The summed E-state index contributed by atoms with van der Waals surface area (Å²) < 4.78 is 3.76. The molecule has 1 aromatic carbocycles. The van der Waals surface area contributed by atoms with Gasteiger partial charge in [-0.2, -0.15) is 5.10 Å². The van der Waals surface area contributed by atoms with E-state index in [1.54, 1.807) is 15.6 Å². The molecule has 0 bridgehead atoms. The highest BCUT2D eigenvalue weighted by Crippen LogP contribution is 2.24. The van der Waals surface area contributed by atoms with Gasteiger partial charge in [-0.25, -0.2) is 0 Å². The Labute approximate surface area is 144 Å². The van der Waals surface area contributed by atoms with Crippen molar-refractivity contribution in [3.63, 3.8) is 0 Å². The molecule has 130 valence electrons. The Morgan fingerprint density at radius 2 is 2.12 bits per heavy atom. The van der Waals surface area contributed by atoms with E-state index >= 15 is 0 Å². The van der Waals surface area contributed by atoms with E-state index in [0.29, 0.717) is 30.9 Å². The summed E-state index contributed by atoms with van der Waals surface area (Å²) in [7, 11) is 1.94. The number of aliphatic hydroxyl groups is 2. The molecule has 0 aliphatic carbocycles. The Morgan fingerprint density at radius 1 is 1.32 bits per heavy atom. The molecule has 7 nitrogen and oxygen atoms in total. The molecule has 1 atom stereocenters. The van der Waals surface area contributed by atoms with Gasteiger partial charge in [0.25, 0.3) is 5.91 Å². The van der Waals surface area contributed by atoms with Gasteiger partial charge in [0.1, 0.15) is 6.10 Å². The molecule has 0 spiro atoms. The fourth-order valence-corrected chi connectivity index (χ4v) is 3.40. The molecule has 4 rings (SSSR count). The first-order valence-corrected chi connectivity index (χ1v) is 8.27. The molecule has 0 radical (unpaired) electrons. The molecule has 25 heavy (non-hydrogen) atoms. The predicted molar refractivity (Wildman–Crippen MR) is 91.9 cm³/mol. The first kappa shape index (κ1) is 15.9. The fourth-order valence-electron chi connectivity index (χ4n) is 3.40. The molecule has 3 heterocycles. The lowest BCUT2D eigenvalue weighted by atomic mass is 10.1. The van der Waals surface area contributed by atoms with Gasteiger partial charge >= 0.3 is 0 Å². The van der Waals surface area contributed by atoms with Crippen molar-refractivity contribution in [1.29, 1.82) is 0 Å². The van der Waals surface area contributed by atoms with Crippen molar-refractivity contribution in [2.24, 2.45) is 7.05 Å². The fraction of sp³-hybridized carbons (Fsp3) is 0.333. The Hall–Kier alpha value is -2.64. The van der Waals surface area contributed by atoms with Crippen LogP contribution in [0.4, 0.5) is 0 Å². The molecule has 0 saturated heterocycles. The van der Waals surface area contributed by atoms with Gasteiger partial charge in [-0.15, -0.1) is 0 Å². The number of carbonyl (C=O) groups is 1. The molecule has 2 aromatic heterocycles. The number of aliphatic hydroxyl groups excluding tert-OH is 2. The third-order valence-electron chi connectivity index (χ3n) is 4.75. The zero-order valence-electron chi connectivity index (χ0n) is 14.0. The van der Waals surface area contributed by atoms with Crippen LogP contribution in [0.15, 0.2) is 36.5 Å². The number of benzene rings is 1. The van der Waals surface area contributed by atoms with E-state index in [0.717, 1.165) is 16.6 Å². The Balaban J connectivity index is 1.62. The maximum atomic E-state index is 13.0. The van der Waals surface area contributed by atoms with Crippen molar-refractivity contribution < 1.29 is 15.0 Å². The third kappa shape index (κ3) is 2.61. The van der Waals surface area contributed by atoms with Gasteiger partial charge in [-0.3, -0.25) is 9.48 Å². The van der Waals surface area contributed by atoms with Crippen LogP contribution in [0, 0.1) is 0 Å². The minimum Gasteiger partial charge on any atom is -0.393 e. The van der Waals surface area contributed by atoms with Crippen molar-refractivity contribution in [3.8, 4) is 0 Å². The van der Waals surface area contributed by atoms with Crippen LogP contribution in [-0.2, 0) is 20.1 Å². The van der Waals surface area contributed by atoms with Crippen molar-refractivity contribution in [3.05, 3.63) is 53.5 Å². The molecule has 3 aromatic rings. The summed E-state index contributed by atoms with van der Waals surface area (Å²) in [6.45, 7) is 1.21. The zero-order valence-corrected chi connectivity index (χ0v) is 14.0. The molecule has 1 aliphatic rings. The normalized spacial score (nSPS) is 15.4. The van der Waals surface area contributed by atoms with Gasteiger partial charge in [-0.1, -0.05) is 18.2 Å². The zero-order chi connectivity index (χ0) is 17.6. The van der Waals surface area contributed by atoms with Crippen LogP contribution in [-0.4, -0.2) is 48.5 Å². The lowest BCUT2D eigenvalue weighted by Crippen LogP contribution is -2.38. The van der Waals surface area contributed by atoms with Crippen molar-refractivity contribution in [2.75, 3.05) is 13.2 Å². The molecule has 1 aliphatic heterocycles. The van der Waals surface area contributed by atoms with E-state index in [2.05, 4.69) is 5.10 Å². The monoisotopic (exact) mass is 340 g/mol. The number of hydrogen-bond donors (Lipinski definition) is 2. The molecule has 0 unspecified atom stereocenters. The van der Waals surface area contributed by atoms with Gasteiger partial charge in [0.15, 0.2) is 0 Å². The molecular formula is C18H20N4O3. The van der Waals surface area contributed by atoms with Crippen molar-refractivity contribution >= 4 is 16.8 Å². The highest BCUT2D eigenvalue weighted by Gasteiger charge is 2.26. The third-order valence-corrected chi connectivity index (χ3v) is 4.75. The number of para-hydroxylation sites is 1. The minimum absolute atomic E-state index is 0.00601. The number of fused-ring (bicyclic) bond motifs is 2. The number of carbonyl (C=O) groups excluding carboxylic acids is 1. The number of hydrogen-bond acceptors (Lipinski definition) is 4. The average Bonchev–Trinajstić information content (AvgIpc) is 3.21. The molecule has 0 saturated carbocycles. The highest BCUT2D eigenvalue weighted by molar-refractivity contribution is 6.07. The number of rotatable bonds is 3. The van der Waals surface area contributed by atoms with Crippen LogP contribution in [0.3, 0.4) is 0 Å². The van der Waals surface area contributed by atoms with Crippen LogP contribution in [0.2, 0.25) is 0 Å². The maximum Gasteiger partial charge on any atom is 0.256 e. The molecule has 0 fully saturated rings. The van der Waals surface area contributed by atoms with Gasteiger partial charge < -0.3 is 19.7 Å². The first-order valence-electron chi connectivity index (χ1n) is 8.27. The van der Waals surface area contributed by atoms with Crippen LogP contribution in [0.25, 0.3) is 10.9 Å². The van der Waals surface area contributed by atoms with Crippen LogP contribution < -0.4 is 0 Å². The summed E-state index contributed by atoms with van der Waals surface area (Å²) in [4.78, 5) is 14.8. The maximum absolute atomic E-state index is 13.0. The summed E-state index contributed by atoms with van der Waals surface area (Å²) >= 11 is 0. The number of aromatic nitrogens is 3. The quantitative estimate of drug-likeness (QED) is 0.747. The smallest absolute Gasteiger partial charge is 0.256 e. The number of aryl methyl sites for hydroxylation is 1. The van der Waals surface area contributed by atoms with Crippen LogP contribution >= 0.6 is 0 Å². The second kappa shape index (κ2) is 6.02. The molecule has 7 heteroatoms. The Kier molecular flexibility index (Phi) is 3.82. The van der Waals surface area contributed by atoms with E-state index in [-0.39, 0.29) is 12.5 Å². The molecular weight excluding hydrogens is 320 g/mol. The first-order chi connectivity index (χ1) is 12.1. The SMILES string of the molecule is Cn1cc(C(=O)N2CCn3nc([C@H](O)CO)cc3C2)c2ccccc21.